The Morgan fingerprint density at radius 3 is 2.48 bits per heavy atom. The van der Waals surface area contributed by atoms with E-state index < -0.39 is 5.56 Å². The van der Waals surface area contributed by atoms with Gasteiger partial charge in [-0.15, -0.1) is 0 Å². The highest BCUT2D eigenvalue weighted by Gasteiger charge is 2.18. The fourth-order valence-electron chi connectivity index (χ4n) is 3.19. The average Bonchev–Trinajstić information content (AvgIpc) is 2.75. The summed E-state index contributed by atoms with van der Waals surface area (Å²) in [5.74, 6) is -0.394. The first-order chi connectivity index (χ1) is 14.9. The van der Waals surface area contributed by atoms with Gasteiger partial charge in [0, 0.05) is 25.4 Å². The number of hydrogen-bond acceptors (Lipinski definition) is 5. The Kier molecular flexibility index (Phi) is 6.63. The third kappa shape index (κ3) is 5.06. The van der Waals surface area contributed by atoms with E-state index in [9.17, 15) is 20.0 Å². The Morgan fingerprint density at radius 1 is 1.19 bits per heavy atom. The second-order valence-corrected chi connectivity index (χ2v) is 7.03. The molecule has 0 unspecified atom stereocenters. The average molecular weight is 414 g/mol. The molecule has 2 aromatic carbocycles. The Morgan fingerprint density at radius 2 is 1.87 bits per heavy atom. The van der Waals surface area contributed by atoms with Crippen LogP contribution in [-0.4, -0.2) is 21.8 Å². The summed E-state index contributed by atoms with van der Waals surface area (Å²) in [6, 6.07) is 18.4. The summed E-state index contributed by atoms with van der Waals surface area (Å²) in [7, 11) is 0. The summed E-state index contributed by atoms with van der Waals surface area (Å²) in [5, 5.41) is 22.9. The number of nitrogens with zero attached hydrogens (tertiary/aromatic N) is 3. The van der Waals surface area contributed by atoms with Crippen LogP contribution in [-0.2, 0) is 17.8 Å². The molecule has 3 rings (SSSR count). The van der Waals surface area contributed by atoms with Crippen molar-refractivity contribution in [1.82, 2.24) is 4.57 Å². The highest BCUT2D eigenvalue weighted by Crippen LogP contribution is 2.22. The van der Waals surface area contributed by atoms with E-state index in [0.717, 1.165) is 5.56 Å². The van der Waals surface area contributed by atoms with Gasteiger partial charge in [-0.3, -0.25) is 19.1 Å². The van der Waals surface area contributed by atoms with E-state index in [1.165, 1.54) is 17.7 Å². The summed E-state index contributed by atoms with van der Waals surface area (Å²) in [4.78, 5) is 28.2. The molecule has 0 bridgehead atoms. The zero-order valence-electron chi connectivity index (χ0n) is 17.3. The van der Waals surface area contributed by atoms with Crippen molar-refractivity contribution in [3.8, 4) is 11.9 Å². The summed E-state index contributed by atoms with van der Waals surface area (Å²) < 4.78 is 1.21. The maximum absolute atomic E-state index is 12.7. The number of carbonyl (C=O) groups is 1. The Hall–Kier alpha value is -4.18. The van der Waals surface area contributed by atoms with Gasteiger partial charge in [0.25, 0.3) is 5.56 Å². The SMILES string of the molecule is CC(=O)Nc1ccc(N=Cc2c(C)c(C#N)c(=O)n(CCc3ccccc3)c2O)cc1. The number of rotatable bonds is 6. The van der Waals surface area contributed by atoms with Crippen LogP contribution >= 0.6 is 0 Å². The van der Waals surface area contributed by atoms with Crippen LogP contribution in [0.15, 0.2) is 64.4 Å². The molecule has 0 spiro atoms. The van der Waals surface area contributed by atoms with E-state index in [1.54, 1.807) is 31.2 Å². The third-order valence-electron chi connectivity index (χ3n) is 4.84. The Balaban J connectivity index is 1.94. The molecule has 1 heterocycles. The van der Waals surface area contributed by atoms with Gasteiger partial charge in [0.1, 0.15) is 11.6 Å². The van der Waals surface area contributed by atoms with Crippen LogP contribution in [0.5, 0.6) is 5.88 Å². The van der Waals surface area contributed by atoms with Gasteiger partial charge in [-0.2, -0.15) is 5.26 Å². The standard InChI is InChI=1S/C24H22N4O3/c1-16-21(14-25)23(30)28(13-12-18-6-4-3-5-7-18)24(31)22(16)15-26-19-8-10-20(11-9-19)27-17(2)29/h3-11,15,31H,12-13H2,1-2H3,(H,27,29). The molecular formula is C24H22N4O3. The van der Waals surface area contributed by atoms with E-state index in [4.69, 9.17) is 0 Å². The van der Waals surface area contributed by atoms with Crippen molar-refractivity contribution in [1.29, 1.82) is 5.26 Å². The lowest BCUT2D eigenvalue weighted by Crippen LogP contribution is -2.26. The molecule has 0 aliphatic heterocycles. The zero-order valence-corrected chi connectivity index (χ0v) is 17.3. The zero-order chi connectivity index (χ0) is 22.4. The monoisotopic (exact) mass is 414 g/mol. The van der Waals surface area contributed by atoms with Crippen molar-refractivity contribution in [3.63, 3.8) is 0 Å². The highest BCUT2D eigenvalue weighted by atomic mass is 16.3. The summed E-state index contributed by atoms with van der Waals surface area (Å²) in [6.45, 7) is 3.27. The Bertz CT molecular complexity index is 1220. The van der Waals surface area contributed by atoms with Gasteiger partial charge in [-0.05, 0) is 48.7 Å². The maximum Gasteiger partial charge on any atom is 0.271 e. The number of pyridine rings is 1. The summed E-state index contributed by atoms with van der Waals surface area (Å²) in [6.07, 6.45) is 1.97. The van der Waals surface area contributed by atoms with Gasteiger partial charge in [0.05, 0.1) is 11.3 Å². The minimum atomic E-state index is -0.523. The first-order valence-corrected chi connectivity index (χ1v) is 9.72. The molecule has 3 aromatic rings. The fourth-order valence-corrected chi connectivity index (χ4v) is 3.19. The molecule has 0 aliphatic carbocycles. The van der Waals surface area contributed by atoms with Gasteiger partial charge in [-0.25, -0.2) is 0 Å². The van der Waals surface area contributed by atoms with E-state index in [2.05, 4.69) is 10.3 Å². The van der Waals surface area contributed by atoms with Crippen LogP contribution in [0, 0.1) is 18.3 Å². The molecule has 2 N–H and O–H groups in total. The van der Waals surface area contributed by atoms with Crippen molar-refractivity contribution in [3.05, 3.63) is 87.2 Å². The molecule has 0 saturated heterocycles. The number of aromatic hydroxyl groups is 1. The lowest BCUT2D eigenvalue weighted by molar-refractivity contribution is -0.114. The molecule has 0 atom stereocenters. The summed E-state index contributed by atoms with van der Waals surface area (Å²) in [5.41, 5.74) is 2.40. The fraction of sp³-hybridized carbons (Fsp3) is 0.167. The lowest BCUT2D eigenvalue weighted by atomic mass is 10.1. The van der Waals surface area contributed by atoms with Gasteiger partial charge in [0.2, 0.25) is 11.8 Å². The second-order valence-electron chi connectivity index (χ2n) is 7.03. The van der Waals surface area contributed by atoms with E-state index in [0.29, 0.717) is 28.9 Å². The maximum atomic E-state index is 12.7. The predicted molar refractivity (Wildman–Crippen MR) is 120 cm³/mol. The number of carbonyl (C=O) groups excluding carboxylic acids is 1. The lowest BCUT2D eigenvalue weighted by Gasteiger charge is -2.14. The summed E-state index contributed by atoms with van der Waals surface area (Å²) >= 11 is 0. The smallest absolute Gasteiger partial charge is 0.271 e. The highest BCUT2D eigenvalue weighted by molar-refractivity contribution is 5.89. The van der Waals surface area contributed by atoms with E-state index in [-0.39, 0.29) is 23.9 Å². The number of anilines is 1. The number of benzene rings is 2. The number of nitriles is 1. The van der Waals surface area contributed by atoms with Crippen molar-refractivity contribution in [2.45, 2.75) is 26.8 Å². The first-order valence-electron chi connectivity index (χ1n) is 9.72. The molecule has 7 heteroatoms. The largest absolute Gasteiger partial charge is 0.494 e. The molecule has 7 nitrogen and oxygen atoms in total. The van der Waals surface area contributed by atoms with E-state index in [1.807, 2.05) is 36.4 Å². The molecule has 0 aliphatic rings. The van der Waals surface area contributed by atoms with Crippen LogP contribution in [0.4, 0.5) is 11.4 Å². The number of aryl methyl sites for hydroxylation is 1. The van der Waals surface area contributed by atoms with Gasteiger partial charge >= 0.3 is 0 Å². The number of amides is 1. The molecule has 0 fully saturated rings. The van der Waals surface area contributed by atoms with Crippen molar-refractivity contribution in [2.75, 3.05) is 5.32 Å². The predicted octanol–water partition coefficient (Wildman–Crippen LogP) is 3.69. The van der Waals surface area contributed by atoms with Gasteiger partial charge in [0.15, 0.2) is 0 Å². The van der Waals surface area contributed by atoms with Gasteiger partial charge < -0.3 is 10.4 Å². The van der Waals surface area contributed by atoms with Crippen LogP contribution in [0.25, 0.3) is 0 Å². The molecule has 0 radical (unpaired) electrons. The van der Waals surface area contributed by atoms with Crippen LogP contribution in [0.3, 0.4) is 0 Å². The van der Waals surface area contributed by atoms with Gasteiger partial charge in [-0.1, -0.05) is 30.3 Å². The first kappa shape index (κ1) is 21.5. The number of aromatic nitrogens is 1. The molecule has 156 valence electrons. The minimum Gasteiger partial charge on any atom is -0.494 e. The second kappa shape index (κ2) is 9.55. The topological polar surface area (TPSA) is 107 Å². The minimum absolute atomic E-state index is 0.0201. The Labute approximate surface area is 179 Å². The van der Waals surface area contributed by atoms with Crippen molar-refractivity contribution < 1.29 is 9.90 Å². The molecule has 0 saturated carbocycles. The van der Waals surface area contributed by atoms with Crippen LogP contribution < -0.4 is 10.9 Å². The van der Waals surface area contributed by atoms with E-state index >= 15 is 0 Å². The number of aliphatic imine (C=N–C) groups is 1. The normalized spacial score (nSPS) is 10.7. The quantitative estimate of drug-likeness (QED) is 0.600. The third-order valence-corrected chi connectivity index (χ3v) is 4.84. The van der Waals surface area contributed by atoms with Crippen molar-refractivity contribution in [2.24, 2.45) is 4.99 Å². The molecule has 31 heavy (non-hydrogen) atoms. The molecular weight excluding hydrogens is 392 g/mol. The van der Waals surface area contributed by atoms with Crippen LogP contribution in [0.2, 0.25) is 0 Å². The molecule has 1 amide bonds. The number of hydrogen-bond donors (Lipinski definition) is 2. The van der Waals surface area contributed by atoms with Crippen LogP contribution in [0.1, 0.15) is 29.2 Å². The number of nitrogens with one attached hydrogen (secondary N) is 1. The van der Waals surface area contributed by atoms with Crippen molar-refractivity contribution >= 4 is 23.5 Å². The molecule has 1 aromatic heterocycles.